The average molecular weight is 379 g/mol. The van der Waals surface area contributed by atoms with Crippen LogP contribution in [0, 0.1) is 0 Å². The number of carbonyl (C=O) groups excluding carboxylic acids is 4. The molecule has 2 aromatic carbocycles. The molecule has 0 unspecified atom stereocenters. The molecule has 3 rings (SSSR count). The van der Waals surface area contributed by atoms with E-state index in [4.69, 9.17) is 4.74 Å². The molecule has 0 fully saturated rings. The number of rotatable bonds is 5. The minimum absolute atomic E-state index is 0.0238. The van der Waals surface area contributed by atoms with E-state index in [2.05, 4.69) is 20.8 Å². The van der Waals surface area contributed by atoms with Crippen LogP contribution in [0.1, 0.15) is 47.1 Å². The van der Waals surface area contributed by atoms with Gasteiger partial charge in [-0.2, -0.15) is 0 Å². The number of nitrogens with zero attached hydrogens (tertiary/aromatic N) is 1. The monoisotopic (exact) mass is 379 g/mol. The Kier molecular flexibility index (Phi) is 5.14. The second-order valence-corrected chi connectivity index (χ2v) is 7.65. The number of carbonyl (C=O) groups is 4. The maximum Gasteiger partial charge on any atom is 0.326 e. The van der Waals surface area contributed by atoms with Crippen molar-refractivity contribution in [1.82, 2.24) is 0 Å². The van der Waals surface area contributed by atoms with Crippen molar-refractivity contribution in [3.63, 3.8) is 0 Å². The second-order valence-electron chi connectivity index (χ2n) is 7.65. The molecular weight excluding hydrogens is 358 g/mol. The molecule has 28 heavy (non-hydrogen) atoms. The molecule has 0 radical (unpaired) electrons. The summed E-state index contributed by atoms with van der Waals surface area (Å²) in [4.78, 5) is 49.4. The minimum Gasteiger partial charge on any atom is -0.456 e. The van der Waals surface area contributed by atoms with E-state index >= 15 is 0 Å². The lowest BCUT2D eigenvalue weighted by Gasteiger charge is -2.19. The van der Waals surface area contributed by atoms with Gasteiger partial charge in [0.2, 0.25) is 0 Å². The summed E-state index contributed by atoms with van der Waals surface area (Å²) in [7, 11) is 0. The standard InChI is InChI=1S/C22H21NO5/c1-22(2,3)15-10-8-14(9-11-15)18(24)13-28-19(25)12-23-17-7-5-4-6-16(17)20(26)21(23)27/h4-11H,12-13H2,1-3H3. The van der Waals surface area contributed by atoms with Crippen molar-refractivity contribution >= 4 is 29.1 Å². The average Bonchev–Trinajstić information content (AvgIpc) is 2.91. The number of para-hydroxylation sites is 1. The van der Waals surface area contributed by atoms with Gasteiger partial charge in [0.15, 0.2) is 12.4 Å². The predicted octanol–water partition coefficient (Wildman–Crippen LogP) is 2.94. The summed E-state index contributed by atoms with van der Waals surface area (Å²) in [5.74, 6) is -2.52. The summed E-state index contributed by atoms with van der Waals surface area (Å²) in [6, 6.07) is 13.6. The summed E-state index contributed by atoms with van der Waals surface area (Å²) < 4.78 is 5.02. The van der Waals surface area contributed by atoms with Crippen molar-refractivity contribution in [1.29, 1.82) is 0 Å². The van der Waals surface area contributed by atoms with E-state index < -0.39 is 30.8 Å². The molecule has 1 heterocycles. The number of anilines is 1. The topological polar surface area (TPSA) is 80.8 Å². The normalized spacial score (nSPS) is 13.5. The summed E-state index contributed by atoms with van der Waals surface area (Å²) in [6.07, 6.45) is 0. The Labute approximate surface area is 163 Å². The summed E-state index contributed by atoms with van der Waals surface area (Å²) >= 11 is 0. The third kappa shape index (κ3) is 3.86. The minimum atomic E-state index is -0.776. The van der Waals surface area contributed by atoms with Crippen LogP contribution in [0.5, 0.6) is 0 Å². The molecule has 0 atom stereocenters. The second kappa shape index (κ2) is 7.38. The Morgan fingerprint density at radius 2 is 1.61 bits per heavy atom. The molecule has 144 valence electrons. The van der Waals surface area contributed by atoms with E-state index in [0.717, 1.165) is 10.5 Å². The van der Waals surface area contributed by atoms with Gasteiger partial charge < -0.3 is 4.74 Å². The SMILES string of the molecule is CC(C)(C)c1ccc(C(=O)COC(=O)CN2C(=O)C(=O)c3ccccc32)cc1. The number of ether oxygens (including phenoxy) is 1. The molecule has 6 heteroatoms. The van der Waals surface area contributed by atoms with Crippen LogP contribution < -0.4 is 4.90 Å². The number of benzene rings is 2. The van der Waals surface area contributed by atoms with Gasteiger partial charge in [0, 0.05) is 5.56 Å². The van der Waals surface area contributed by atoms with Gasteiger partial charge in [-0.05, 0) is 23.1 Å². The predicted molar refractivity (Wildman–Crippen MR) is 104 cm³/mol. The van der Waals surface area contributed by atoms with Crippen molar-refractivity contribution in [3.05, 3.63) is 65.2 Å². The molecular formula is C22H21NO5. The van der Waals surface area contributed by atoms with Crippen LogP contribution in [-0.4, -0.2) is 36.6 Å². The maximum absolute atomic E-state index is 12.3. The first-order valence-corrected chi connectivity index (χ1v) is 8.93. The molecule has 0 aliphatic carbocycles. The third-order valence-electron chi connectivity index (χ3n) is 4.60. The molecule has 2 aromatic rings. The number of hydrogen-bond acceptors (Lipinski definition) is 5. The van der Waals surface area contributed by atoms with Crippen LogP contribution in [-0.2, 0) is 19.7 Å². The molecule has 0 saturated heterocycles. The summed E-state index contributed by atoms with van der Waals surface area (Å²) in [6.45, 7) is 5.39. The van der Waals surface area contributed by atoms with Gasteiger partial charge >= 0.3 is 5.97 Å². The number of ketones is 2. The highest BCUT2D eigenvalue weighted by atomic mass is 16.5. The first kappa shape index (κ1) is 19.5. The number of hydrogen-bond donors (Lipinski definition) is 0. The highest BCUT2D eigenvalue weighted by Gasteiger charge is 2.36. The Morgan fingerprint density at radius 1 is 0.964 bits per heavy atom. The largest absolute Gasteiger partial charge is 0.456 e. The van der Waals surface area contributed by atoms with Crippen LogP contribution in [0.4, 0.5) is 5.69 Å². The molecule has 6 nitrogen and oxygen atoms in total. The fourth-order valence-corrected chi connectivity index (χ4v) is 2.97. The van der Waals surface area contributed by atoms with Crippen molar-refractivity contribution in [3.8, 4) is 0 Å². The Hall–Kier alpha value is -3.28. The molecule has 1 aliphatic heterocycles. The van der Waals surface area contributed by atoms with E-state index in [1.807, 2.05) is 12.1 Å². The van der Waals surface area contributed by atoms with E-state index in [1.54, 1.807) is 30.3 Å². The van der Waals surface area contributed by atoms with Crippen molar-refractivity contribution in [2.75, 3.05) is 18.1 Å². The fraction of sp³-hybridized carbons (Fsp3) is 0.273. The van der Waals surface area contributed by atoms with Gasteiger partial charge in [-0.25, -0.2) is 0 Å². The van der Waals surface area contributed by atoms with E-state index in [1.165, 1.54) is 6.07 Å². The number of Topliss-reactive ketones (excluding diaryl/α,β-unsaturated/α-hetero) is 2. The van der Waals surface area contributed by atoms with Crippen LogP contribution in [0.3, 0.4) is 0 Å². The van der Waals surface area contributed by atoms with Crippen LogP contribution >= 0.6 is 0 Å². The van der Waals surface area contributed by atoms with Crippen molar-refractivity contribution < 1.29 is 23.9 Å². The lowest BCUT2D eigenvalue weighted by atomic mass is 9.86. The zero-order valence-corrected chi connectivity index (χ0v) is 16.0. The molecule has 0 N–H and O–H groups in total. The van der Waals surface area contributed by atoms with E-state index in [0.29, 0.717) is 11.3 Å². The van der Waals surface area contributed by atoms with Gasteiger partial charge in [0.1, 0.15) is 6.54 Å². The molecule has 0 spiro atoms. The van der Waals surface area contributed by atoms with Crippen LogP contribution in [0.2, 0.25) is 0 Å². The van der Waals surface area contributed by atoms with Crippen molar-refractivity contribution in [2.45, 2.75) is 26.2 Å². The number of esters is 1. The highest BCUT2D eigenvalue weighted by Crippen LogP contribution is 2.28. The molecule has 1 amide bonds. The first-order valence-electron chi connectivity index (χ1n) is 8.93. The first-order chi connectivity index (χ1) is 13.2. The summed E-state index contributed by atoms with van der Waals surface area (Å²) in [5, 5.41) is 0. The van der Waals surface area contributed by atoms with Crippen LogP contribution in [0.25, 0.3) is 0 Å². The van der Waals surface area contributed by atoms with E-state index in [-0.39, 0.29) is 16.8 Å². The third-order valence-corrected chi connectivity index (χ3v) is 4.60. The quantitative estimate of drug-likeness (QED) is 0.453. The number of amides is 1. The van der Waals surface area contributed by atoms with Gasteiger partial charge in [-0.3, -0.25) is 24.1 Å². The smallest absolute Gasteiger partial charge is 0.326 e. The number of fused-ring (bicyclic) bond motifs is 1. The van der Waals surface area contributed by atoms with Gasteiger partial charge in [-0.1, -0.05) is 57.2 Å². The molecule has 0 aromatic heterocycles. The molecule has 0 saturated carbocycles. The van der Waals surface area contributed by atoms with Crippen LogP contribution in [0.15, 0.2) is 48.5 Å². The Bertz CT molecular complexity index is 954. The van der Waals surface area contributed by atoms with E-state index in [9.17, 15) is 19.2 Å². The fourth-order valence-electron chi connectivity index (χ4n) is 2.97. The molecule has 1 aliphatic rings. The lowest BCUT2D eigenvalue weighted by Crippen LogP contribution is -2.36. The maximum atomic E-state index is 12.3. The van der Waals surface area contributed by atoms with Gasteiger partial charge in [0.05, 0.1) is 11.3 Å². The Morgan fingerprint density at radius 3 is 2.25 bits per heavy atom. The van der Waals surface area contributed by atoms with Gasteiger partial charge in [-0.15, -0.1) is 0 Å². The zero-order valence-electron chi connectivity index (χ0n) is 16.0. The van der Waals surface area contributed by atoms with Crippen molar-refractivity contribution in [2.24, 2.45) is 0 Å². The molecule has 0 bridgehead atoms. The Balaban J connectivity index is 1.60. The highest BCUT2D eigenvalue weighted by molar-refractivity contribution is 6.52. The lowest BCUT2D eigenvalue weighted by molar-refractivity contribution is -0.141. The zero-order chi connectivity index (χ0) is 20.5. The van der Waals surface area contributed by atoms with Gasteiger partial charge in [0.25, 0.3) is 11.7 Å². The summed E-state index contributed by atoms with van der Waals surface area (Å²) in [5.41, 5.74) is 2.15.